The van der Waals surface area contributed by atoms with Crippen LogP contribution in [-0.2, 0) is 4.74 Å². The maximum Gasteiger partial charge on any atom is 0.378 e. The molecule has 28 heavy (non-hydrogen) atoms. The number of aromatic nitrogens is 1. The summed E-state index contributed by atoms with van der Waals surface area (Å²) in [4.78, 5) is 16.3. The smallest absolute Gasteiger partial charge is 0.378 e. The number of hydrogen-bond acceptors (Lipinski definition) is 6. The Bertz CT molecular complexity index is 771. The molecule has 0 amide bonds. The van der Waals surface area contributed by atoms with Crippen molar-refractivity contribution in [1.82, 2.24) is 4.98 Å². The van der Waals surface area contributed by atoms with Crippen LogP contribution in [0.5, 0.6) is 5.75 Å². The summed E-state index contributed by atoms with van der Waals surface area (Å²) < 4.78 is 10.4. The van der Waals surface area contributed by atoms with E-state index in [9.17, 15) is 9.90 Å². The van der Waals surface area contributed by atoms with Gasteiger partial charge in [-0.05, 0) is 37.7 Å². The fourth-order valence-electron chi connectivity index (χ4n) is 3.58. The maximum atomic E-state index is 11.9. The van der Waals surface area contributed by atoms with Crippen LogP contribution in [0.1, 0.15) is 77.3 Å². The molecule has 0 radical (unpaired) electrons. The number of pyridine rings is 1. The van der Waals surface area contributed by atoms with E-state index < -0.39 is 5.97 Å². The van der Waals surface area contributed by atoms with Gasteiger partial charge in [-0.15, -0.1) is 0 Å². The number of ether oxygens (including phenoxy) is 1. The van der Waals surface area contributed by atoms with E-state index in [0.29, 0.717) is 34.7 Å². The molecular weight excluding hydrogens is 356 g/mol. The van der Waals surface area contributed by atoms with E-state index in [1.54, 1.807) is 13.0 Å². The number of carbonyl (C=O) groups is 1. The summed E-state index contributed by atoms with van der Waals surface area (Å²) in [5.41, 5.74) is 0.365. The molecule has 2 N–H and O–H groups in total. The summed E-state index contributed by atoms with van der Waals surface area (Å²) in [6.45, 7) is 10.9. The predicted octanol–water partition coefficient (Wildman–Crippen LogP) is 5.75. The monoisotopic (exact) mass is 390 g/mol. The Morgan fingerprint density at radius 3 is 2.61 bits per heavy atom. The molecule has 2 heterocycles. The number of nitrogens with one attached hydrogen (secondary N) is 1. The van der Waals surface area contributed by atoms with Gasteiger partial charge < -0.3 is 19.6 Å². The topological polar surface area (TPSA) is 84.6 Å². The van der Waals surface area contributed by atoms with Gasteiger partial charge in [0.05, 0.1) is 18.2 Å². The minimum absolute atomic E-state index is 0.177. The van der Waals surface area contributed by atoms with E-state index in [-0.39, 0.29) is 18.1 Å². The van der Waals surface area contributed by atoms with Crippen molar-refractivity contribution >= 4 is 22.8 Å². The molecule has 0 spiro atoms. The van der Waals surface area contributed by atoms with Gasteiger partial charge in [-0.3, -0.25) is 0 Å². The lowest BCUT2D eigenvalue weighted by atomic mass is 9.90. The van der Waals surface area contributed by atoms with Gasteiger partial charge in [-0.2, -0.15) is 0 Å². The first-order valence-electron chi connectivity index (χ1n) is 10.4. The van der Waals surface area contributed by atoms with Gasteiger partial charge in [0.25, 0.3) is 5.76 Å². The van der Waals surface area contributed by atoms with Crippen molar-refractivity contribution in [3.63, 3.8) is 0 Å². The molecule has 0 fully saturated rings. The van der Waals surface area contributed by atoms with Crippen molar-refractivity contribution < 1.29 is 19.1 Å². The van der Waals surface area contributed by atoms with Crippen LogP contribution in [0.4, 0.5) is 5.82 Å². The van der Waals surface area contributed by atoms with Crippen LogP contribution >= 0.6 is 0 Å². The largest absolute Gasteiger partial charge is 0.504 e. The lowest BCUT2D eigenvalue weighted by Gasteiger charge is -2.25. The van der Waals surface area contributed by atoms with Crippen molar-refractivity contribution in [2.45, 2.75) is 72.8 Å². The lowest BCUT2D eigenvalue weighted by molar-refractivity contribution is 0.0488. The first kappa shape index (κ1) is 22.1. The van der Waals surface area contributed by atoms with Crippen LogP contribution in [-0.4, -0.2) is 28.7 Å². The highest BCUT2D eigenvalue weighted by atomic mass is 16.5. The van der Waals surface area contributed by atoms with E-state index in [1.807, 2.05) is 0 Å². The normalized spacial score (nSPS) is 14.6. The molecule has 0 aromatic carbocycles. The Labute approximate surface area is 167 Å². The zero-order chi connectivity index (χ0) is 20.7. The Morgan fingerprint density at radius 1 is 1.25 bits per heavy atom. The van der Waals surface area contributed by atoms with Crippen LogP contribution < -0.4 is 5.32 Å². The van der Waals surface area contributed by atoms with Gasteiger partial charge in [0.2, 0.25) is 0 Å². The van der Waals surface area contributed by atoms with Crippen LogP contribution in [0, 0.1) is 11.8 Å². The average molecular weight is 391 g/mol. The summed E-state index contributed by atoms with van der Waals surface area (Å²) in [5, 5.41) is 14.4. The van der Waals surface area contributed by atoms with Crippen molar-refractivity contribution in [2.75, 3.05) is 11.9 Å². The zero-order valence-electron chi connectivity index (χ0n) is 17.7. The molecule has 6 heteroatoms. The van der Waals surface area contributed by atoms with Crippen LogP contribution in [0.15, 0.2) is 16.7 Å². The van der Waals surface area contributed by atoms with Gasteiger partial charge in [0.15, 0.2) is 11.3 Å². The SMILES string of the molecule is CCCC(C)CC(CC(C)CC)Nc1cc2c(O)c(C(=O)OCC)oc2cn1. The summed E-state index contributed by atoms with van der Waals surface area (Å²) in [5.74, 6) is 0.880. The third kappa shape index (κ3) is 5.63. The van der Waals surface area contributed by atoms with Crippen molar-refractivity contribution in [1.29, 1.82) is 0 Å². The number of aromatic hydroxyl groups is 1. The lowest BCUT2D eigenvalue weighted by Crippen LogP contribution is -2.25. The number of hydrogen-bond donors (Lipinski definition) is 2. The molecule has 0 saturated heterocycles. The van der Waals surface area contributed by atoms with Crippen LogP contribution in [0.3, 0.4) is 0 Å². The van der Waals surface area contributed by atoms with Crippen molar-refractivity contribution in [2.24, 2.45) is 11.8 Å². The minimum Gasteiger partial charge on any atom is -0.504 e. The highest BCUT2D eigenvalue weighted by molar-refractivity contribution is 5.98. The van der Waals surface area contributed by atoms with Gasteiger partial charge in [0, 0.05) is 6.04 Å². The summed E-state index contributed by atoms with van der Waals surface area (Å²) in [6, 6.07) is 2.05. The number of rotatable bonds is 11. The molecule has 0 saturated carbocycles. The molecule has 156 valence electrons. The van der Waals surface area contributed by atoms with E-state index in [4.69, 9.17) is 9.15 Å². The predicted molar refractivity (Wildman–Crippen MR) is 112 cm³/mol. The molecule has 2 aromatic heterocycles. The number of fused-ring (bicyclic) bond motifs is 1. The first-order chi connectivity index (χ1) is 13.4. The highest BCUT2D eigenvalue weighted by Crippen LogP contribution is 2.34. The molecule has 6 nitrogen and oxygen atoms in total. The second-order valence-electron chi connectivity index (χ2n) is 7.79. The quantitative estimate of drug-likeness (QED) is 0.475. The molecule has 0 bridgehead atoms. The molecule has 0 aliphatic rings. The molecule has 3 unspecified atom stereocenters. The molecule has 0 aliphatic carbocycles. The number of nitrogens with zero attached hydrogens (tertiary/aromatic N) is 1. The molecule has 2 rings (SSSR count). The Morgan fingerprint density at radius 2 is 1.96 bits per heavy atom. The number of anilines is 1. The number of esters is 1. The van der Waals surface area contributed by atoms with Gasteiger partial charge in [-0.25, -0.2) is 9.78 Å². The summed E-state index contributed by atoms with van der Waals surface area (Å²) in [7, 11) is 0. The van der Waals surface area contributed by atoms with Crippen molar-refractivity contribution in [3.8, 4) is 5.75 Å². The fraction of sp³-hybridized carbons (Fsp3) is 0.636. The minimum atomic E-state index is -0.672. The number of furan rings is 1. The van der Waals surface area contributed by atoms with Crippen LogP contribution in [0.25, 0.3) is 11.0 Å². The third-order valence-electron chi connectivity index (χ3n) is 5.21. The standard InChI is InChI=1S/C22H34N2O4/c1-6-9-15(5)11-16(10-14(4)7-2)24-19-12-17-18(13-23-19)28-21(20(17)25)22(26)27-8-3/h12-16,25H,6-11H2,1-5H3,(H,23,24). The van der Waals surface area contributed by atoms with Crippen molar-refractivity contribution in [3.05, 3.63) is 18.0 Å². The van der Waals surface area contributed by atoms with Gasteiger partial charge in [0.1, 0.15) is 5.82 Å². The molecular formula is C22H34N2O4. The highest BCUT2D eigenvalue weighted by Gasteiger charge is 2.23. The zero-order valence-corrected chi connectivity index (χ0v) is 17.7. The second kappa shape index (κ2) is 10.3. The number of carbonyl (C=O) groups excluding carboxylic acids is 1. The third-order valence-corrected chi connectivity index (χ3v) is 5.21. The van der Waals surface area contributed by atoms with E-state index in [0.717, 1.165) is 19.3 Å². The Balaban J connectivity index is 2.23. The molecule has 3 atom stereocenters. The summed E-state index contributed by atoms with van der Waals surface area (Å²) in [6.07, 6.45) is 7.20. The first-order valence-corrected chi connectivity index (χ1v) is 10.4. The van der Waals surface area contributed by atoms with E-state index >= 15 is 0 Å². The van der Waals surface area contributed by atoms with E-state index in [1.165, 1.54) is 19.0 Å². The molecule has 0 aliphatic heterocycles. The van der Waals surface area contributed by atoms with Gasteiger partial charge in [-0.1, -0.05) is 47.0 Å². The average Bonchev–Trinajstić information content (AvgIpc) is 2.98. The Kier molecular flexibility index (Phi) is 8.15. The van der Waals surface area contributed by atoms with Gasteiger partial charge >= 0.3 is 5.97 Å². The van der Waals surface area contributed by atoms with Crippen LogP contribution in [0.2, 0.25) is 0 Å². The molecule has 2 aromatic rings. The van der Waals surface area contributed by atoms with E-state index in [2.05, 4.69) is 38.0 Å². The summed E-state index contributed by atoms with van der Waals surface area (Å²) >= 11 is 0. The Hall–Kier alpha value is -2.24. The fourth-order valence-corrected chi connectivity index (χ4v) is 3.58. The second-order valence-corrected chi connectivity index (χ2v) is 7.79. The maximum absolute atomic E-state index is 11.9.